The number of ether oxygens (including phenoxy) is 2. The van der Waals surface area contributed by atoms with Crippen molar-refractivity contribution < 1.29 is 23.9 Å². The Labute approximate surface area is 198 Å². The lowest BCUT2D eigenvalue weighted by Gasteiger charge is -2.29. The third-order valence-electron chi connectivity index (χ3n) is 4.81. The van der Waals surface area contributed by atoms with Crippen molar-refractivity contribution in [1.29, 1.82) is 0 Å². The van der Waals surface area contributed by atoms with Crippen LogP contribution in [0.5, 0.6) is 0 Å². The zero-order chi connectivity index (χ0) is 25.3. The van der Waals surface area contributed by atoms with Gasteiger partial charge in [-0.15, -0.1) is 0 Å². The van der Waals surface area contributed by atoms with Crippen molar-refractivity contribution in [2.75, 3.05) is 18.8 Å². The van der Waals surface area contributed by atoms with Gasteiger partial charge in [-0.3, -0.25) is 4.79 Å². The van der Waals surface area contributed by atoms with E-state index < -0.39 is 29.3 Å². The van der Waals surface area contributed by atoms with Gasteiger partial charge in [0.1, 0.15) is 11.2 Å². The fraction of sp³-hybridized carbons (Fsp3) is 0.522. The number of nitrogens with one attached hydrogen (secondary N) is 1. The molecule has 3 amide bonds. The van der Waals surface area contributed by atoms with E-state index in [4.69, 9.17) is 15.2 Å². The molecule has 2 aromatic heterocycles. The van der Waals surface area contributed by atoms with Crippen LogP contribution in [0.25, 0.3) is 11.4 Å². The number of fused-ring (bicyclic) bond motifs is 1. The zero-order valence-electron chi connectivity index (χ0n) is 20.5. The van der Waals surface area contributed by atoms with E-state index in [1.54, 1.807) is 53.7 Å². The van der Waals surface area contributed by atoms with E-state index in [0.717, 1.165) is 10.6 Å². The standard InChI is InChI=1S/C23H32N6O5/c1-22(2,3)33-20(31)26-10-12-28-16-8-11-29(21(32)34-23(4,5)6)18(30)14(16)13-17(28)15-7-9-25-19(24)27-15/h7,9,13H,8,10-12H2,1-6H3,(H,26,31)(H2,24,25,27). The third kappa shape index (κ3) is 6.03. The average molecular weight is 473 g/mol. The number of imide groups is 1. The lowest BCUT2D eigenvalue weighted by molar-refractivity contribution is 0.0231. The van der Waals surface area contributed by atoms with E-state index in [1.807, 2.05) is 4.57 Å². The maximum absolute atomic E-state index is 13.2. The lowest BCUT2D eigenvalue weighted by atomic mass is 10.1. The molecule has 0 saturated carbocycles. The maximum atomic E-state index is 13.2. The topological polar surface area (TPSA) is 142 Å². The zero-order valence-corrected chi connectivity index (χ0v) is 20.5. The SMILES string of the molecule is CC(C)(C)OC(=O)NCCn1c(-c2ccnc(N)n2)cc2c1CCN(C(=O)OC(C)(C)C)C2=O. The number of alkyl carbamates (subject to hydrolysis) is 1. The van der Waals surface area contributed by atoms with Crippen molar-refractivity contribution in [2.45, 2.75) is 65.7 Å². The van der Waals surface area contributed by atoms with Crippen LogP contribution in [-0.4, -0.2) is 61.8 Å². The molecule has 0 unspecified atom stereocenters. The van der Waals surface area contributed by atoms with Crippen LogP contribution in [0.15, 0.2) is 18.3 Å². The van der Waals surface area contributed by atoms with Crippen LogP contribution in [0.2, 0.25) is 0 Å². The highest BCUT2D eigenvalue weighted by Gasteiger charge is 2.35. The predicted molar refractivity (Wildman–Crippen MR) is 125 cm³/mol. The van der Waals surface area contributed by atoms with Gasteiger partial charge in [0, 0.05) is 37.9 Å². The molecule has 2 aromatic rings. The van der Waals surface area contributed by atoms with Crippen molar-refractivity contribution in [3.63, 3.8) is 0 Å². The van der Waals surface area contributed by atoms with Gasteiger partial charge in [0.15, 0.2) is 0 Å². The second-order valence-electron chi connectivity index (χ2n) is 9.96. The summed E-state index contributed by atoms with van der Waals surface area (Å²) in [5, 5.41) is 2.73. The first-order chi connectivity index (χ1) is 15.7. The van der Waals surface area contributed by atoms with Crippen molar-refractivity contribution >= 4 is 24.0 Å². The Morgan fingerprint density at radius 1 is 1.15 bits per heavy atom. The third-order valence-corrected chi connectivity index (χ3v) is 4.81. The van der Waals surface area contributed by atoms with Crippen molar-refractivity contribution in [2.24, 2.45) is 0 Å². The van der Waals surface area contributed by atoms with Gasteiger partial charge < -0.3 is 25.1 Å². The molecule has 1 aliphatic heterocycles. The summed E-state index contributed by atoms with van der Waals surface area (Å²) in [4.78, 5) is 47.2. The normalized spacial score (nSPS) is 13.9. The summed E-state index contributed by atoms with van der Waals surface area (Å²) in [7, 11) is 0. The fourth-order valence-electron chi connectivity index (χ4n) is 3.57. The van der Waals surface area contributed by atoms with Crippen LogP contribution in [0.4, 0.5) is 15.5 Å². The van der Waals surface area contributed by atoms with Crippen LogP contribution >= 0.6 is 0 Å². The van der Waals surface area contributed by atoms with E-state index >= 15 is 0 Å². The van der Waals surface area contributed by atoms with E-state index in [1.165, 1.54) is 6.20 Å². The molecule has 3 rings (SSSR count). The molecule has 0 radical (unpaired) electrons. The number of hydrogen-bond donors (Lipinski definition) is 2. The molecule has 3 N–H and O–H groups in total. The Balaban J connectivity index is 1.90. The largest absolute Gasteiger partial charge is 0.444 e. The van der Waals surface area contributed by atoms with Crippen LogP contribution in [0, 0.1) is 0 Å². The minimum Gasteiger partial charge on any atom is -0.444 e. The molecule has 1 aliphatic rings. The second kappa shape index (κ2) is 9.32. The number of nitrogens with zero attached hydrogens (tertiary/aromatic N) is 4. The number of carbonyl (C=O) groups excluding carboxylic acids is 3. The average Bonchev–Trinajstić information content (AvgIpc) is 3.05. The molecule has 0 atom stereocenters. The number of rotatable bonds is 4. The van der Waals surface area contributed by atoms with E-state index in [0.29, 0.717) is 29.9 Å². The number of anilines is 1. The first-order valence-corrected chi connectivity index (χ1v) is 11.1. The molecule has 11 nitrogen and oxygen atoms in total. The van der Waals surface area contributed by atoms with Crippen molar-refractivity contribution in [1.82, 2.24) is 24.8 Å². The number of amides is 3. The molecular formula is C23H32N6O5. The fourth-order valence-corrected chi connectivity index (χ4v) is 3.57. The summed E-state index contributed by atoms with van der Waals surface area (Å²) >= 11 is 0. The van der Waals surface area contributed by atoms with Gasteiger partial charge >= 0.3 is 12.2 Å². The van der Waals surface area contributed by atoms with E-state index in [9.17, 15) is 14.4 Å². The van der Waals surface area contributed by atoms with Gasteiger partial charge in [0.2, 0.25) is 5.95 Å². The molecule has 0 spiro atoms. The summed E-state index contributed by atoms with van der Waals surface area (Å²) in [6.07, 6.45) is 0.735. The summed E-state index contributed by atoms with van der Waals surface area (Å²) < 4.78 is 12.6. The smallest absolute Gasteiger partial charge is 0.417 e. The molecule has 0 bridgehead atoms. The minimum absolute atomic E-state index is 0.0943. The summed E-state index contributed by atoms with van der Waals surface area (Å²) in [6.45, 7) is 11.4. The van der Waals surface area contributed by atoms with Gasteiger partial charge in [0.25, 0.3) is 5.91 Å². The van der Waals surface area contributed by atoms with Crippen molar-refractivity contribution in [3.8, 4) is 11.4 Å². The van der Waals surface area contributed by atoms with E-state index in [-0.39, 0.29) is 19.0 Å². The van der Waals surface area contributed by atoms with Gasteiger partial charge in [0.05, 0.1) is 17.0 Å². The first-order valence-electron chi connectivity index (χ1n) is 11.1. The molecule has 0 aliphatic carbocycles. The molecular weight excluding hydrogens is 440 g/mol. The molecule has 3 heterocycles. The minimum atomic E-state index is -0.722. The quantitative estimate of drug-likeness (QED) is 0.692. The van der Waals surface area contributed by atoms with Gasteiger partial charge in [-0.05, 0) is 53.7 Å². The summed E-state index contributed by atoms with van der Waals surface area (Å²) in [5.41, 5.74) is 6.71. The van der Waals surface area contributed by atoms with Gasteiger partial charge in [-0.2, -0.15) is 0 Å². The first kappa shape index (κ1) is 25.0. The van der Waals surface area contributed by atoms with Crippen LogP contribution in [0.3, 0.4) is 0 Å². The van der Waals surface area contributed by atoms with Gasteiger partial charge in [-0.1, -0.05) is 0 Å². The van der Waals surface area contributed by atoms with Gasteiger partial charge in [-0.25, -0.2) is 24.5 Å². The molecule has 0 fully saturated rings. The van der Waals surface area contributed by atoms with Crippen molar-refractivity contribution in [3.05, 3.63) is 29.6 Å². The Morgan fingerprint density at radius 2 is 1.82 bits per heavy atom. The summed E-state index contributed by atoms with van der Waals surface area (Å²) in [6, 6.07) is 3.37. The molecule has 184 valence electrons. The van der Waals surface area contributed by atoms with Crippen LogP contribution < -0.4 is 11.1 Å². The molecule has 34 heavy (non-hydrogen) atoms. The number of carbonyl (C=O) groups is 3. The Morgan fingerprint density at radius 3 is 2.44 bits per heavy atom. The highest BCUT2D eigenvalue weighted by molar-refractivity contribution is 6.05. The Hall–Kier alpha value is -3.63. The van der Waals surface area contributed by atoms with E-state index in [2.05, 4.69) is 15.3 Å². The summed E-state index contributed by atoms with van der Waals surface area (Å²) in [5.74, 6) is -0.352. The predicted octanol–water partition coefficient (Wildman–Crippen LogP) is 2.99. The molecule has 0 aromatic carbocycles. The number of hydrogen-bond acceptors (Lipinski definition) is 8. The highest BCUT2D eigenvalue weighted by atomic mass is 16.6. The maximum Gasteiger partial charge on any atom is 0.417 e. The number of aromatic nitrogens is 3. The Bertz CT molecular complexity index is 1100. The van der Waals surface area contributed by atoms with Crippen LogP contribution in [-0.2, 0) is 22.4 Å². The lowest BCUT2D eigenvalue weighted by Crippen LogP contribution is -2.44. The molecule has 11 heteroatoms. The molecule has 0 saturated heterocycles. The number of nitrogen functional groups attached to an aromatic ring is 1. The Kier molecular flexibility index (Phi) is 6.85. The van der Waals surface area contributed by atoms with Crippen LogP contribution in [0.1, 0.15) is 57.6 Å². The number of nitrogens with two attached hydrogens (primary N) is 1. The second-order valence-corrected chi connectivity index (χ2v) is 9.96. The monoisotopic (exact) mass is 472 g/mol. The highest BCUT2D eigenvalue weighted by Crippen LogP contribution is 2.30.